The van der Waals surface area contributed by atoms with Crippen LogP contribution in [-0.4, -0.2) is 34.1 Å². The fourth-order valence-corrected chi connectivity index (χ4v) is 2.35. The van der Waals surface area contributed by atoms with Crippen LogP contribution in [0.1, 0.15) is 31.0 Å². The summed E-state index contributed by atoms with van der Waals surface area (Å²) in [5.74, 6) is 0.622. The zero-order valence-electron chi connectivity index (χ0n) is 9.93. The molecule has 0 amide bonds. The minimum atomic E-state index is -0.773. The third-order valence-electron chi connectivity index (χ3n) is 3.57. The van der Waals surface area contributed by atoms with Gasteiger partial charge in [0.1, 0.15) is 11.6 Å². The first-order valence-electron chi connectivity index (χ1n) is 6.22. The highest BCUT2D eigenvalue weighted by Crippen LogP contribution is 2.38. The van der Waals surface area contributed by atoms with Crippen LogP contribution in [0.3, 0.4) is 0 Å². The first-order chi connectivity index (χ1) is 8.63. The lowest BCUT2D eigenvalue weighted by atomic mass is 10.1. The number of aliphatic carboxylic acids is 1. The summed E-state index contributed by atoms with van der Waals surface area (Å²) in [4.78, 5) is 31.6. The molecule has 1 atom stereocenters. The number of nitrogens with one attached hydrogen (secondary N) is 1. The monoisotopic (exact) mass is 249 g/mol. The van der Waals surface area contributed by atoms with Crippen molar-refractivity contribution in [2.24, 2.45) is 5.92 Å². The molecule has 3 rings (SSSR count). The summed E-state index contributed by atoms with van der Waals surface area (Å²) in [6.45, 7) is 1.09. The third kappa shape index (κ3) is 2.10. The summed E-state index contributed by atoms with van der Waals surface area (Å²) in [5.41, 5.74) is -0.152. The average molecular weight is 249 g/mol. The van der Waals surface area contributed by atoms with Crippen LogP contribution in [0, 0.1) is 5.92 Å². The smallest absolute Gasteiger partial charge is 0.308 e. The van der Waals surface area contributed by atoms with Crippen LogP contribution >= 0.6 is 0 Å². The van der Waals surface area contributed by atoms with E-state index in [1.807, 2.05) is 4.90 Å². The van der Waals surface area contributed by atoms with Crippen LogP contribution in [-0.2, 0) is 4.79 Å². The van der Waals surface area contributed by atoms with Gasteiger partial charge in [0.2, 0.25) is 0 Å². The van der Waals surface area contributed by atoms with Crippen LogP contribution in [0.4, 0.5) is 5.82 Å². The average Bonchev–Trinajstić information content (AvgIpc) is 3.05. The Kier molecular flexibility index (Phi) is 2.57. The lowest BCUT2D eigenvalue weighted by Crippen LogP contribution is -2.25. The molecule has 1 aromatic heterocycles. The summed E-state index contributed by atoms with van der Waals surface area (Å²) < 4.78 is 0. The van der Waals surface area contributed by atoms with Crippen LogP contribution in [0.15, 0.2) is 10.9 Å². The number of carboxylic acids is 1. The summed E-state index contributed by atoms with van der Waals surface area (Å²) in [5, 5.41) is 8.97. The largest absolute Gasteiger partial charge is 0.481 e. The van der Waals surface area contributed by atoms with Gasteiger partial charge < -0.3 is 15.0 Å². The molecule has 1 aliphatic carbocycles. The fourth-order valence-electron chi connectivity index (χ4n) is 2.35. The molecule has 2 aliphatic rings. The minimum Gasteiger partial charge on any atom is -0.481 e. The predicted molar refractivity (Wildman–Crippen MR) is 64.8 cm³/mol. The number of aromatic nitrogens is 2. The molecule has 0 bridgehead atoms. The molecule has 0 aromatic carbocycles. The number of hydrogen-bond acceptors (Lipinski definition) is 4. The molecule has 2 heterocycles. The van der Waals surface area contributed by atoms with Gasteiger partial charge in [-0.05, 0) is 19.3 Å². The Morgan fingerprint density at radius 1 is 1.44 bits per heavy atom. The van der Waals surface area contributed by atoms with Gasteiger partial charge in [-0.25, -0.2) is 4.98 Å². The molecule has 6 nitrogen and oxygen atoms in total. The minimum absolute atomic E-state index is 0.152. The van der Waals surface area contributed by atoms with Gasteiger partial charge in [0.25, 0.3) is 5.56 Å². The fraction of sp³-hybridized carbons (Fsp3) is 0.583. The number of carbonyl (C=O) groups is 1. The van der Waals surface area contributed by atoms with E-state index in [9.17, 15) is 9.59 Å². The SMILES string of the molecule is O=C(O)C1CCN(c2cc(=O)[nH]c(C3CC3)n2)C1. The zero-order valence-corrected chi connectivity index (χ0v) is 9.93. The summed E-state index contributed by atoms with van der Waals surface area (Å²) in [6.07, 6.45) is 2.76. The molecule has 1 aromatic rings. The van der Waals surface area contributed by atoms with Crippen molar-refractivity contribution in [3.8, 4) is 0 Å². The molecule has 0 spiro atoms. The molecular weight excluding hydrogens is 234 g/mol. The van der Waals surface area contributed by atoms with Gasteiger partial charge in [0, 0.05) is 25.1 Å². The van der Waals surface area contributed by atoms with Crippen molar-refractivity contribution < 1.29 is 9.90 Å². The maximum atomic E-state index is 11.6. The Balaban J connectivity index is 1.84. The quantitative estimate of drug-likeness (QED) is 0.817. The van der Waals surface area contributed by atoms with Crippen molar-refractivity contribution in [3.63, 3.8) is 0 Å². The van der Waals surface area contributed by atoms with Crippen molar-refractivity contribution in [3.05, 3.63) is 22.2 Å². The van der Waals surface area contributed by atoms with Crippen molar-refractivity contribution in [1.82, 2.24) is 9.97 Å². The molecule has 6 heteroatoms. The molecular formula is C12H15N3O3. The van der Waals surface area contributed by atoms with Gasteiger partial charge in [-0.15, -0.1) is 0 Å². The molecule has 18 heavy (non-hydrogen) atoms. The highest BCUT2D eigenvalue weighted by Gasteiger charge is 2.31. The maximum Gasteiger partial charge on any atom is 0.308 e. The molecule has 1 saturated carbocycles. The second kappa shape index (κ2) is 4.12. The Labute approximate surface area is 104 Å². The molecule has 0 radical (unpaired) electrons. The van der Waals surface area contributed by atoms with Crippen LogP contribution in [0.2, 0.25) is 0 Å². The van der Waals surface area contributed by atoms with E-state index in [4.69, 9.17) is 5.11 Å². The van der Waals surface area contributed by atoms with E-state index < -0.39 is 5.97 Å². The maximum absolute atomic E-state index is 11.6. The van der Waals surface area contributed by atoms with Crippen LogP contribution in [0.25, 0.3) is 0 Å². The standard InChI is InChI=1S/C12H15N3O3/c16-10-5-9(13-11(14-10)7-1-2-7)15-4-3-8(6-15)12(17)18/h5,7-8H,1-4,6H2,(H,17,18)(H,13,14,16). The van der Waals surface area contributed by atoms with Crippen LogP contribution < -0.4 is 10.5 Å². The van der Waals surface area contributed by atoms with Gasteiger partial charge in [-0.3, -0.25) is 9.59 Å². The molecule has 1 unspecified atom stereocenters. The number of anilines is 1. The van der Waals surface area contributed by atoms with Gasteiger partial charge >= 0.3 is 5.97 Å². The first-order valence-corrected chi connectivity index (χ1v) is 6.22. The highest BCUT2D eigenvalue weighted by molar-refractivity contribution is 5.71. The Morgan fingerprint density at radius 3 is 2.83 bits per heavy atom. The molecule has 96 valence electrons. The van der Waals surface area contributed by atoms with Crippen molar-refractivity contribution in [1.29, 1.82) is 0 Å². The van der Waals surface area contributed by atoms with Crippen molar-refractivity contribution in [2.45, 2.75) is 25.2 Å². The van der Waals surface area contributed by atoms with Gasteiger partial charge in [-0.1, -0.05) is 0 Å². The predicted octanol–water partition coefficient (Wildman–Crippen LogP) is 0.558. The lowest BCUT2D eigenvalue weighted by Gasteiger charge is -2.17. The van der Waals surface area contributed by atoms with E-state index in [0.29, 0.717) is 31.2 Å². The van der Waals surface area contributed by atoms with Crippen molar-refractivity contribution in [2.75, 3.05) is 18.0 Å². The Hall–Kier alpha value is -1.85. The van der Waals surface area contributed by atoms with Gasteiger partial charge in [0.05, 0.1) is 5.92 Å². The first kappa shape index (κ1) is 11.3. The summed E-state index contributed by atoms with van der Waals surface area (Å²) in [6, 6.07) is 1.45. The number of nitrogens with zero attached hydrogens (tertiary/aromatic N) is 2. The van der Waals surface area contributed by atoms with E-state index in [-0.39, 0.29) is 11.5 Å². The number of hydrogen-bond donors (Lipinski definition) is 2. The van der Waals surface area contributed by atoms with E-state index in [2.05, 4.69) is 9.97 Å². The number of aromatic amines is 1. The molecule has 1 saturated heterocycles. The normalized spacial score (nSPS) is 23.3. The third-order valence-corrected chi connectivity index (χ3v) is 3.57. The van der Waals surface area contributed by atoms with Gasteiger partial charge in [-0.2, -0.15) is 0 Å². The Morgan fingerprint density at radius 2 is 2.22 bits per heavy atom. The molecule has 2 N–H and O–H groups in total. The zero-order chi connectivity index (χ0) is 12.7. The second-order valence-electron chi connectivity index (χ2n) is 5.03. The number of rotatable bonds is 3. The molecule has 1 aliphatic heterocycles. The number of carboxylic acid groups (broad SMARTS) is 1. The topological polar surface area (TPSA) is 86.3 Å². The molecule has 2 fully saturated rings. The second-order valence-corrected chi connectivity index (χ2v) is 5.03. The van der Waals surface area contributed by atoms with E-state index in [1.54, 1.807) is 0 Å². The van der Waals surface area contributed by atoms with E-state index in [0.717, 1.165) is 18.7 Å². The lowest BCUT2D eigenvalue weighted by molar-refractivity contribution is -0.140. The van der Waals surface area contributed by atoms with Crippen molar-refractivity contribution >= 4 is 11.8 Å². The number of H-pyrrole nitrogens is 1. The highest BCUT2D eigenvalue weighted by atomic mass is 16.4. The van der Waals surface area contributed by atoms with Gasteiger partial charge in [0.15, 0.2) is 0 Å². The van der Waals surface area contributed by atoms with E-state index >= 15 is 0 Å². The van der Waals surface area contributed by atoms with Crippen LogP contribution in [0.5, 0.6) is 0 Å². The van der Waals surface area contributed by atoms with E-state index in [1.165, 1.54) is 6.07 Å². The Bertz CT molecular complexity index is 536. The summed E-state index contributed by atoms with van der Waals surface area (Å²) in [7, 11) is 0. The summed E-state index contributed by atoms with van der Waals surface area (Å²) >= 11 is 0.